The third-order valence-corrected chi connectivity index (χ3v) is 3.13. The van der Waals surface area contributed by atoms with Gasteiger partial charge in [0.25, 0.3) is 0 Å². The molecule has 0 bridgehead atoms. The number of rotatable bonds is 3. The van der Waals surface area contributed by atoms with Crippen LogP contribution in [0.5, 0.6) is 0 Å². The Bertz CT molecular complexity index is 557. The molecule has 0 heterocycles. The Labute approximate surface area is 111 Å². The number of hydrogen-bond acceptors (Lipinski definition) is 2. The van der Waals surface area contributed by atoms with Gasteiger partial charge in [-0.05, 0) is 29.8 Å². The zero-order chi connectivity index (χ0) is 13.1. The molecule has 0 aromatic heterocycles. The number of benzene rings is 2. The molecule has 0 amide bonds. The summed E-state index contributed by atoms with van der Waals surface area (Å²) in [6, 6.07) is 12.1. The molecule has 2 N–H and O–H groups in total. The zero-order valence-electron chi connectivity index (χ0n) is 10.0. The molecule has 0 aliphatic heterocycles. The lowest BCUT2D eigenvalue weighted by atomic mass is 10.2. The Morgan fingerprint density at radius 1 is 1.17 bits per heavy atom. The number of para-hydroxylation sites is 1. The monoisotopic (exact) mass is 264 g/mol. The van der Waals surface area contributed by atoms with E-state index in [1.807, 2.05) is 12.1 Å². The van der Waals surface area contributed by atoms with Crippen molar-refractivity contribution in [2.24, 2.45) is 5.73 Å². The van der Waals surface area contributed by atoms with Crippen LogP contribution in [0.25, 0.3) is 0 Å². The van der Waals surface area contributed by atoms with E-state index in [0.717, 1.165) is 11.3 Å². The van der Waals surface area contributed by atoms with Crippen LogP contribution in [0, 0.1) is 5.82 Å². The van der Waals surface area contributed by atoms with Crippen LogP contribution in [0.2, 0.25) is 5.02 Å². The fourth-order valence-electron chi connectivity index (χ4n) is 1.80. The Kier molecular flexibility index (Phi) is 3.84. The van der Waals surface area contributed by atoms with E-state index < -0.39 is 0 Å². The third-order valence-electron chi connectivity index (χ3n) is 2.82. The quantitative estimate of drug-likeness (QED) is 0.916. The maximum atomic E-state index is 13.7. The van der Waals surface area contributed by atoms with E-state index >= 15 is 0 Å². The molecular weight excluding hydrogens is 251 g/mol. The van der Waals surface area contributed by atoms with Crippen molar-refractivity contribution in [2.75, 3.05) is 11.9 Å². The van der Waals surface area contributed by atoms with Gasteiger partial charge in [0.1, 0.15) is 5.82 Å². The molecule has 4 heteroatoms. The second kappa shape index (κ2) is 5.38. The van der Waals surface area contributed by atoms with Gasteiger partial charge in [-0.25, -0.2) is 4.39 Å². The lowest BCUT2D eigenvalue weighted by molar-refractivity contribution is 0.627. The molecule has 0 aliphatic rings. The highest BCUT2D eigenvalue weighted by Gasteiger charge is 2.11. The highest BCUT2D eigenvalue weighted by atomic mass is 35.5. The van der Waals surface area contributed by atoms with E-state index in [0.29, 0.717) is 17.3 Å². The number of hydrogen-bond donors (Lipinski definition) is 1. The second-order valence-corrected chi connectivity index (χ2v) is 4.41. The molecule has 2 rings (SSSR count). The van der Waals surface area contributed by atoms with Gasteiger partial charge in [0.05, 0.1) is 16.4 Å². The van der Waals surface area contributed by atoms with Crippen molar-refractivity contribution in [1.29, 1.82) is 0 Å². The molecule has 0 saturated heterocycles. The van der Waals surface area contributed by atoms with Crippen molar-refractivity contribution in [1.82, 2.24) is 0 Å². The summed E-state index contributed by atoms with van der Waals surface area (Å²) in [5.41, 5.74) is 7.73. The second-order valence-electron chi connectivity index (χ2n) is 4.00. The van der Waals surface area contributed by atoms with Crippen LogP contribution in [0.3, 0.4) is 0 Å². The minimum absolute atomic E-state index is 0.279. The molecule has 18 heavy (non-hydrogen) atoms. The zero-order valence-corrected chi connectivity index (χ0v) is 10.8. The summed E-state index contributed by atoms with van der Waals surface area (Å²) in [7, 11) is 1.78. The topological polar surface area (TPSA) is 29.3 Å². The van der Waals surface area contributed by atoms with E-state index in [9.17, 15) is 4.39 Å². The standard InChI is InChI=1S/C14H14ClFN2/c1-18(14-5-3-2-4-12(14)16)13-7-6-10(9-17)8-11(13)15/h2-8H,9,17H2,1H3. The van der Waals surface area contributed by atoms with E-state index in [1.165, 1.54) is 6.07 Å². The van der Waals surface area contributed by atoms with Crippen LogP contribution >= 0.6 is 11.6 Å². The van der Waals surface area contributed by atoms with Crippen molar-refractivity contribution in [3.63, 3.8) is 0 Å². The van der Waals surface area contributed by atoms with Crippen molar-refractivity contribution in [3.05, 3.63) is 58.9 Å². The summed E-state index contributed by atoms with van der Waals surface area (Å²) in [6.45, 7) is 0.434. The number of nitrogens with zero attached hydrogens (tertiary/aromatic N) is 1. The Hall–Kier alpha value is -1.58. The first-order valence-corrected chi connectivity index (χ1v) is 5.98. The van der Waals surface area contributed by atoms with Crippen LogP contribution < -0.4 is 10.6 Å². The summed E-state index contributed by atoms with van der Waals surface area (Å²) < 4.78 is 13.7. The molecule has 0 unspecified atom stereocenters. The molecule has 0 saturated carbocycles. The molecule has 2 aromatic rings. The number of nitrogens with two attached hydrogens (primary N) is 1. The van der Waals surface area contributed by atoms with Gasteiger partial charge < -0.3 is 10.6 Å². The first kappa shape index (κ1) is 12.9. The Morgan fingerprint density at radius 2 is 1.89 bits per heavy atom. The SMILES string of the molecule is CN(c1ccccc1F)c1ccc(CN)cc1Cl. The van der Waals surface area contributed by atoms with Gasteiger partial charge in [0.2, 0.25) is 0 Å². The smallest absolute Gasteiger partial charge is 0.146 e. The van der Waals surface area contributed by atoms with Crippen LogP contribution in [0.15, 0.2) is 42.5 Å². The number of halogens is 2. The van der Waals surface area contributed by atoms with Crippen molar-refractivity contribution < 1.29 is 4.39 Å². The minimum atomic E-state index is -0.279. The summed E-state index contributed by atoms with van der Waals surface area (Å²) in [5.74, 6) is -0.279. The van der Waals surface area contributed by atoms with Gasteiger partial charge in [-0.15, -0.1) is 0 Å². The van der Waals surface area contributed by atoms with E-state index in [4.69, 9.17) is 17.3 Å². The molecular formula is C14H14ClFN2. The van der Waals surface area contributed by atoms with Crippen LogP contribution in [-0.4, -0.2) is 7.05 Å². The average molecular weight is 265 g/mol. The predicted molar refractivity (Wildman–Crippen MR) is 73.8 cm³/mol. The van der Waals surface area contributed by atoms with Crippen molar-refractivity contribution in [3.8, 4) is 0 Å². The fraction of sp³-hybridized carbons (Fsp3) is 0.143. The average Bonchev–Trinajstić information content (AvgIpc) is 2.38. The first-order valence-electron chi connectivity index (χ1n) is 5.60. The van der Waals surface area contributed by atoms with E-state index in [1.54, 1.807) is 36.2 Å². The van der Waals surface area contributed by atoms with Gasteiger partial charge in [0.15, 0.2) is 0 Å². The summed E-state index contributed by atoms with van der Waals surface area (Å²) in [5, 5.41) is 0.559. The summed E-state index contributed by atoms with van der Waals surface area (Å²) in [6.07, 6.45) is 0. The van der Waals surface area contributed by atoms with Crippen molar-refractivity contribution >= 4 is 23.0 Å². The lowest BCUT2D eigenvalue weighted by Crippen LogP contribution is -2.12. The fourth-order valence-corrected chi connectivity index (χ4v) is 2.13. The van der Waals surface area contributed by atoms with Gasteiger partial charge in [-0.3, -0.25) is 0 Å². The normalized spacial score (nSPS) is 10.4. The molecule has 0 atom stereocenters. The molecule has 2 nitrogen and oxygen atoms in total. The van der Waals surface area contributed by atoms with Crippen molar-refractivity contribution in [2.45, 2.75) is 6.54 Å². The maximum Gasteiger partial charge on any atom is 0.146 e. The largest absolute Gasteiger partial charge is 0.341 e. The van der Waals surface area contributed by atoms with Crippen LogP contribution in [0.4, 0.5) is 15.8 Å². The molecule has 94 valence electrons. The highest BCUT2D eigenvalue weighted by molar-refractivity contribution is 6.33. The third kappa shape index (κ3) is 2.47. The molecule has 0 fully saturated rings. The molecule has 0 radical (unpaired) electrons. The van der Waals surface area contributed by atoms with E-state index in [-0.39, 0.29) is 5.82 Å². The first-order chi connectivity index (χ1) is 8.63. The highest BCUT2D eigenvalue weighted by Crippen LogP contribution is 2.32. The number of anilines is 2. The van der Waals surface area contributed by atoms with Gasteiger partial charge in [-0.1, -0.05) is 29.8 Å². The van der Waals surface area contributed by atoms with E-state index in [2.05, 4.69) is 0 Å². The van der Waals surface area contributed by atoms with Gasteiger partial charge >= 0.3 is 0 Å². The summed E-state index contributed by atoms with van der Waals surface area (Å²) in [4.78, 5) is 1.72. The minimum Gasteiger partial charge on any atom is -0.341 e. The predicted octanol–water partition coefficient (Wildman–Crippen LogP) is 3.71. The van der Waals surface area contributed by atoms with Crippen LogP contribution in [0.1, 0.15) is 5.56 Å². The maximum absolute atomic E-state index is 13.7. The van der Waals surface area contributed by atoms with Crippen LogP contribution in [-0.2, 0) is 6.54 Å². The molecule has 0 spiro atoms. The molecule has 0 aliphatic carbocycles. The van der Waals surface area contributed by atoms with Gasteiger partial charge in [-0.2, -0.15) is 0 Å². The lowest BCUT2D eigenvalue weighted by Gasteiger charge is -2.21. The Morgan fingerprint density at radius 3 is 2.50 bits per heavy atom. The molecule has 2 aromatic carbocycles. The summed E-state index contributed by atoms with van der Waals surface area (Å²) >= 11 is 6.19. The Balaban J connectivity index is 2.40. The van der Waals surface area contributed by atoms with Gasteiger partial charge in [0, 0.05) is 13.6 Å².